The number of ether oxygens (including phenoxy) is 1. The summed E-state index contributed by atoms with van der Waals surface area (Å²) in [4.78, 5) is 23.8. The summed E-state index contributed by atoms with van der Waals surface area (Å²) in [5.41, 5.74) is 0. The molecule has 0 aromatic carbocycles. The molecule has 1 fully saturated rings. The van der Waals surface area contributed by atoms with Crippen molar-refractivity contribution in [2.75, 3.05) is 27.2 Å². The third-order valence-electron chi connectivity index (χ3n) is 2.23. The predicted molar refractivity (Wildman–Crippen MR) is 46.1 cm³/mol. The van der Waals surface area contributed by atoms with Crippen molar-refractivity contribution in [2.24, 2.45) is 0 Å². The first-order chi connectivity index (χ1) is 6.19. The molecule has 0 saturated carbocycles. The van der Waals surface area contributed by atoms with Gasteiger partial charge in [0.25, 0.3) is 0 Å². The molecule has 13 heavy (non-hydrogen) atoms. The minimum atomic E-state index is -0.254. The molecule has 0 radical (unpaired) electrons. The highest BCUT2D eigenvalue weighted by Crippen LogP contribution is 2.17. The van der Waals surface area contributed by atoms with Gasteiger partial charge in [-0.05, 0) is 6.42 Å². The van der Waals surface area contributed by atoms with Crippen LogP contribution >= 0.6 is 0 Å². The molecule has 0 aliphatic carbocycles. The van der Waals surface area contributed by atoms with Gasteiger partial charge in [-0.2, -0.15) is 0 Å². The van der Waals surface area contributed by atoms with Crippen LogP contribution in [0.5, 0.6) is 0 Å². The highest BCUT2D eigenvalue weighted by Gasteiger charge is 2.35. The Morgan fingerprint density at radius 1 is 1.62 bits per heavy atom. The Morgan fingerprint density at radius 2 is 2.31 bits per heavy atom. The molecular weight excluding hydrogens is 172 g/mol. The van der Waals surface area contributed by atoms with Crippen molar-refractivity contribution in [3.05, 3.63) is 0 Å². The predicted octanol–water partition coefficient (Wildman–Crippen LogP) is -1.02. The van der Waals surface area contributed by atoms with Gasteiger partial charge in [0.05, 0.1) is 13.7 Å². The third kappa shape index (κ3) is 2.18. The van der Waals surface area contributed by atoms with Crippen LogP contribution < -0.4 is 5.32 Å². The lowest BCUT2D eigenvalue weighted by molar-refractivity contribution is -0.152. The SMILES string of the molecule is CNC(=O)CN1CCC1C(=O)OC. The Labute approximate surface area is 77.0 Å². The zero-order valence-corrected chi connectivity index (χ0v) is 7.87. The average Bonchev–Trinajstić information content (AvgIpc) is 2.11. The van der Waals surface area contributed by atoms with Gasteiger partial charge in [0.2, 0.25) is 5.91 Å². The summed E-state index contributed by atoms with van der Waals surface area (Å²) < 4.78 is 4.59. The molecule has 1 saturated heterocycles. The molecule has 74 valence electrons. The number of nitrogens with one attached hydrogen (secondary N) is 1. The number of rotatable bonds is 3. The lowest BCUT2D eigenvalue weighted by Crippen LogP contribution is -2.55. The average molecular weight is 186 g/mol. The van der Waals surface area contributed by atoms with Gasteiger partial charge in [-0.15, -0.1) is 0 Å². The van der Waals surface area contributed by atoms with Gasteiger partial charge in [0.15, 0.2) is 0 Å². The number of esters is 1. The quantitative estimate of drug-likeness (QED) is 0.573. The van der Waals surface area contributed by atoms with E-state index in [0.29, 0.717) is 0 Å². The highest BCUT2D eigenvalue weighted by atomic mass is 16.5. The van der Waals surface area contributed by atoms with Crippen molar-refractivity contribution in [3.8, 4) is 0 Å². The molecule has 1 heterocycles. The molecule has 1 rings (SSSR count). The normalized spacial score (nSPS) is 21.8. The summed E-state index contributed by atoms with van der Waals surface area (Å²) >= 11 is 0. The minimum absolute atomic E-state index is 0.0754. The second kappa shape index (κ2) is 4.23. The van der Waals surface area contributed by atoms with Crippen molar-refractivity contribution in [2.45, 2.75) is 12.5 Å². The standard InChI is InChI=1S/C8H14N2O3/c1-9-7(11)5-10-4-3-6(10)8(12)13-2/h6H,3-5H2,1-2H3,(H,9,11). The van der Waals surface area contributed by atoms with Gasteiger partial charge in [-0.1, -0.05) is 0 Å². The zero-order valence-electron chi connectivity index (χ0n) is 7.87. The van der Waals surface area contributed by atoms with Crippen molar-refractivity contribution >= 4 is 11.9 Å². The maximum absolute atomic E-state index is 11.1. The summed E-state index contributed by atoms with van der Waals surface area (Å²) in [6, 6.07) is -0.220. The van der Waals surface area contributed by atoms with Crippen LogP contribution in [0.25, 0.3) is 0 Å². The summed E-state index contributed by atoms with van der Waals surface area (Å²) in [5.74, 6) is -0.330. The van der Waals surface area contributed by atoms with Gasteiger partial charge in [-0.3, -0.25) is 14.5 Å². The number of carbonyl (C=O) groups is 2. The van der Waals surface area contributed by atoms with Gasteiger partial charge >= 0.3 is 5.97 Å². The van der Waals surface area contributed by atoms with Crippen LogP contribution in [0, 0.1) is 0 Å². The fourth-order valence-corrected chi connectivity index (χ4v) is 1.30. The van der Waals surface area contributed by atoms with Gasteiger partial charge < -0.3 is 10.1 Å². The smallest absolute Gasteiger partial charge is 0.323 e. The van der Waals surface area contributed by atoms with Crippen LogP contribution in [-0.4, -0.2) is 50.1 Å². The van der Waals surface area contributed by atoms with E-state index in [2.05, 4.69) is 10.1 Å². The Balaban J connectivity index is 2.36. The monoisotopic (exact) mass is 186 g/mol. The summed E-state index contributed by atoms with van der Waals surface area (Å²) in [7, 11) is 2.94. The molecule has 1 amide bonds. The Kier molecular flexibility index (Phi) is 3.25. The second-order valence-corrected chi connectivity index (χ2v) is 2.97. The Morgan fingerprint density at radius 3 is 2.69 bits per heavy atom. The molecule has 5 heteroatoms. The van der Waals surface area contributed by atoms with Crippen LogP contribution in [0.2, 0.25) is 0 Å². The molecule has 0 spiro atoms. The molecule has 0 bridgehead atoms. The summed E-state index contributed by atoms with van der Waals surface area (Å²) in [6.07, 6.45) is 0.781. The Hall–Kier alpha value is -1.10. The third-order valence-corrected chi connectivity index (χ3v) is 2.23. The highest BCUT2D eigenvalue weighted by molar-refractivity contribution is 5.81. The first-order valence-corrected chi connectivity index (χ1v) is 4.21. The fourth-order valence-electron chi connectivity index (χ4n) is 1.30. The van der Waals surface area contributed by atoms with Gasteiger partial charge in [-0.25, -0.2) is 0 Å². The number of likely N-dealkylation sites (tertiary alicyclic amines) is 1. The number of likely N-dealkylation sites (N-methyl/N-ethyl adjacent to an activating group) is 1. The number of nitrogens with zero attached hydrogens (tertiary/aromatic N) is 1. The molecular formula is C8H14N2O3. The van der Waals surface area contributed by atoms with Crippen LogP contribution in [0.15, 0.2) is 0 Å². The molecule has 0 aromatic heterocycles. The minimum Gasteiger partial charge on any atom is -0.468 e. The van der Waals surface area contributed by atoms with Crippen molar-refractivity contribution in [1.29, 1.82) is 0 Å². The maximum atomic E-state index is 11.1. The van der Waals surface area contributed by atoms with Crippen LogP contribution in [0.1, 0.15) is 6.42 Å². The van der Waals surface area contributed by atoms with E-state index in [-0.39, 0.29) is 24.5 Å². The van der Waals surface area contributed by atoms with E-state index in [0.717, 1.165) is 13.0 Å². The largest absolute Gasteiger partial charge is 0.468 e. The van der Waals surface area contributed by atoms with E-state index < -0.39 is 0 Å². The molecule has 5 nitrogen and oxygen atoms in total. The van der Waals surface area contributed by atoms with E-state index >= 15 is 0 Å². The molecule has 1 N–H and O–H groups in total. The number of hydrogen-bond acceptors (Lipinski definition) is 4. The molecule has 1 aliphatic rings. The zero-order chi connectivity index (χ0) is 9.84. The topological polar surface area (TPSA) is 58.6 Å². The van der Waals surface area contributed by atoms with E-state index in [1.165, 1.54) is 7.11 Å². The summed E-state index contributed by atoms with van der Waals surface area (Å²) in [6.45, 7) is 1.06. The molecule has 1 aliphatic heterocycles. The van der Waals surface area contributed by atoms with Crippen molar-refractivity contribution < 1.29 is 14.3 Å². The number of methoxy groups -OCH3 is 1. The maximum Gasteiger partial charge on any atom is 0.323 e. The molecule has 1 unspecified atom stereocenters. The summed E-state index contributed by atoms with van der Waals surface area (Å²) in [5, 5.41) is 2.51. The first kappa shape index (κ1) is 9.98. The molecule has 1 atom stereocenters. The lowest BCUT2D eigenvalue weighted by Gasteiger charge is -2.37. The van der Waals surface area contributed by atoms with E-state index in [9.17, 15) is 9.59 Å². The lowest BCUT2D eigenvalue weighted by atomic mass is 10.0. The van der Waals surface area contributed by atoms with Crippen LogP contribution in [0.4, 0.5) is 0 Å². The van der Waals surface area contributed by atoms with Crippen LogP contribution in [0.3, 0.4) is 0 Å². The van der Waals surface area contributed by atoms with Gasteiger partial charge in [0.1, 0.15) is 6.04 Å². The van der Waals surface area contributed by atoms with Crippen molar-refractivity contribution in [1.82, 2.24) is 10.2 Å². The van der Waals surface area contributed by atoms with Crippen molar-refractivity contribution in [3.63, 3.8) is 0 Å². The van der Waals surface area contributed by atoms with E-state index in [4.69, 9.17) is 0 Å². The van der Waals surface area contributed by atoms with E-state index in [1.54, 1.807) is 11.9 Å². The van der Waals surface area contributed by atoms with E-state index in [1.807, 2.05) is 0 Å². The fraction of sp³-hybridized carbons (Fsp3) is 0.750. The number of amides is 1. The van der Waals surface area contributed by atoms with Gasteiger partial charge in [0, 0.05) is 13.6 Å². The second-order valence-electron chi connectivity index (χ2n) is 2.97. The molecule has 0 aromatic rings. The Bertz CT molecular complexity index is 217. The van der Waals surface area contributed by atoms with Crippen LogP contribution in [-0.2, 0) is 14.3 Å². The number of carbonyl (C=O) groups excluding carboxylic acids is 2. The number of hydrogen-bond donors (Lipinski definition) is 1. The first-order valence-electron chi connectivity index (χ1n) is 4.21.